The topological polar surface area (TPSA) is 43.4 Å². The summed E-state index contributed by atoms with van der Waals surface area (Å²) in [6.07, 6.45) is 5.56. The Morgan fingerprint density at radius 3 is 2.84 bits per heavy atom. The van der Waals surface area contributed by atoms with E-state index < -0.39 is 0 Å². The van der Waals surface area contributed by atoms with Crippen molar-refractivity contribution in [2.24, 2.45) is 0 Å². The van der Waals surface area contributed by atoms with E-state index in [1.807, 2.05) is 6.07 Å². The molecule has 1 N–H and O–H groups in total. The summed E-state index contributed by atoms with van der Waals surface area (Å²) in [7, 11) is 1.73. The number of methoxy groups -OCH3 is 1. The molecule has 0 aliphatic carbocycles. The van der Waals surface area contributed by atoms with Gasteiger partial charge in [0.05, 0.1) is 18.4 Å². The van der Waals surface area contributed by atoms with E-state index in [1.165, 1.54) is 0 Å². The largest absolute Gasteiger partial charge is 0.492 e. The summed E-state index contributed by atoms with van der Waals surface area (Å²) in [5.41, 5.74) is 1.00. The molecule has 0 aromatic carbocycles. The first kappa shape index (κ1) is 15.9. The van der Waals surface area contributed by atoms with E-state index in [4.69, 9.17) is 9.47 Å². The molecule has 0 atom stereocenters. The van der Waals surface area contributed by atoms with Crippen LogP contribution in [-0.2, 0) is 11.3 Å². The Bertz CT molecular complexity index is 367. The van der Waals surface area contributed by atoms with Crippen LogP contribution in [0.5, 0.6) is 5.75 Å². The van der Waals surface area contributed by atoms with Crippen LogP contribution >= 0.6 is 0 Å². The lowest BCUT2D eigenvalue weighted by atomic mass is 10.1. The van der Waals surface area contributed by atoms with Crippen LogP contribution in [0.4, 0.5) is 0 Å². The van der Waals surface area contributed by atoms with Gasteiger partial charge in [-0.05, 0) is 32.9 Å². The van der Waals surface area contributed by atoms with Gasteiger partial charge in [-0.3, -0.25) is 4.98 Å². The first-order valence-corrected chi connectivity index (χ1v) is 6.90. The van der Waals surface area contributed by atoms with Crippen molar-refractivity contribution in [3.8, 4) is 5.75 Å². The van der Waals surface area contributed by atoms with Gasteiger partial charge in [-0.25, -0.2) is 0 Å². The SMILES string of the molecule is CCCNCc1ccncc1OCCC(C)(C)OC. The maximum absolute atomic E-state index is 5.82. The molecule has 0 amide bonds. The van der Waals surface area contributed by atoms with Crippen LogP contribution in [0, 0.1) is 0 Å². The molecular formula is C15H26N2O2. The van der Waals surface area contributed by atoms with Crippen molar-refractivity contribution >= 4 is 0 Å². The van der Waals surface area contributed by atoms with Gasteiger partial charge in [0.25, 0.3) is 0 Å². The van der Waals surface area contributed by atoms with Crippen molar-refractivity contribution in [3.05, 3.63) is 24.0 Å². The van der Waals surface area contributed by atoms with E-state index >= 15 is 0 Å². The minimum absolute atomic E-state index is 0.150. The van der Waals surface area contributed by atoms with Crippen LogP contribution in [0.3, 0.4) is 0 Å². The van der Waals surface area contributed by atoms with Crippen LogP contribution in [0.25, 0.3) is 0 Å². The highest BCUT2D eigenvalue weighted by Crippen LogP contribution is 2.18. The first-order valence-electron chi connectivity index (χ1n) is 6.90. The lowest BCUT2D eigenvalue weighted by Crippen LogP contribution is -2.25. The van der Waals surface area contributed by atoms with Crippen molar-refractivity contribution in [2.45, 2.75) is 45.8 Å². The van der Waals surface area contributed by atoms with Gasteiger partial charge in [0.15, 0.2) is 0 Å². The van der Waals surface area contributed by atoms with Gasteiger partial charge in [-0.2, -0.15) is 0 Å². The van der Waals surface area contributed by atoms with Gasteiger partial charge in [-0.1, -0.05) is 6.92 Å². The lowest BCUT2D eigenvalue weighted by Gasteiger charge is -2.23. The monoisotopic (exact) mass is 266 g/mol. The van der Waals surface area contributed by atoms with Crippen molar-refractivity contribution in [1.29, 1.82) is 0 Å². The lowest BCUT2D eigenvalue weighted by molar-refractivity contribution is 0.00534. The molecule has 4 nitrogen and oxygen atoms in total. The molecule has 1 aromatic heterocycles. The van der Waals surface area contributed by atoms with E-state index in [2.05, 4.69) is 31.1 Å². The Morgan fingerprint density at radius 2 is 2.16 bits per heavy atom. The molecule has 0 saturated heterocycles. The van der Waals surface area contributed by atoms with E-state index in [0.29, 0.717) is 6.61 Å². The van der Waals surface area contributed by atoms with Crippen LogP contribution in [0.2, 0.25) is 0 Å². The third kappa shape index (κ3) is 6.03. The average molecular weight is 266 g/mol. The summed E-state index contributed by atoms with van der Waals surface area (Å²) in [6, 6.07) is 2.00. The number of aromatic nitrogens is 1. The number of hydrogen-bond donors (Lipinski definition) is 1. The third-order valence-electron chi connectivity index (χ3n) is 3.13. The predicted molar refractivity (Wildman–Crippen MR) is 77.4 cm³/mol. The fourth-order valence-corrected chi connectivity index (χ4v) is 1.59. The molecule has 4 heteroatoms. The smallest absolute Gasteiger partial charge is 0.142 e. The van der Waals surface area contributed by atoms with Gasteiger partial charge < -0.3 is 14.8 Å². The highest BCUT2D eigenvalue weighted by Gasteiger charge is 2.16. The molecule has 0 aliphatic heterocycles. The zero-order valence-electron chi connectivity index (χ0n) is 12.5. The molecule has 1 rings (SSSR count). The number of hydrogen-bond acceptors (Lipinski definition) is 4. The predicted octanol–water partition coefficient (Wildman–Crippen LogP) is 2.78. The summed E-state index contributed by atoms with van der Waals surface area (Å²) in [5.74, 6) is 0.859. The third-order valence-corrected chi connectivity index (χ3v) is 3.13. The maximum atomic E-state index is 5.82. The fourth-order valence-electron chi connectivity index (χ4n) is 1.59. The first-order chi connectivity index (χ1) is 9.09. The molecule has 108 valence electrons. The van der Waals surface area contributed by atoms with Crippen molar-refractivity contribution in [3.63, 3.8) is 0 Å². The van der Waals surface area contributed by atoms with E-state index in [1.54, 1.807) is 19.5 Å². The van der Waals surface area contributed by atoms with Gasteiger partial charge in [0.1, 0.15) is 5.75 Å². The van der Waals surface area contributed by atoms with Crippen LogP contribution in [0.1, 0.15) is 39.2 Å². The van der Waals surface area contributed by atoms with E-state index in [9.17, 15) is 0 Å². The van der Waals surface area contributed by atoms with Crippen molar-refractivity contribution < 1.29 is 9.47 Å². The number of pyridine rings is 1. The highest BCUT2D eigenvalue weighted by atomic mass is 16.5. The zero-order chi connectivity index (χ0) is 14.1. The second-order valence-electron chi connectivity index (χ2n) is 5.22. The molecule has 0 saturated carbocycles. The molecule has 0 radical (unpaired) electrons. The zero-order valence-corrected chi connectivity index (χ0v) is 12.5. The minimum Gasteiger partial charge on any atom is -0.492 e. The summed E-state index contributed by atoms with van der Waals surface area (Å²) in [4.78, 5) is 4.12. The summed E-state index contributed by atoms with van der Waals surface area (Å²) >= 11 is 0. The number of nitrogens with one attached hydrogen (secondary N) is 1. The van der Waals surface area contributed by atoms with Crippen LogP contribution in [0.15, 0.2) is 18.5 Å². The minimum atomic E-state index is -0.150. The molecular weight excluding hydrogens is 240 g/mol. The Morgan fingerprint density at radius 1 is 1.37 bits per heavy atom. The van der Waals surface area contributed by atoms with Gasteiger partial charge >= 0.3 is 0 Å². The van der Waals surface area contributed by atoms with Crippen LogP contribution in [-0.4, -0.2) is 30.8 Å². The van der Waals surface area contributed by atoms with Crippen molar-refractivity contribution in [1.82, 2.24) is 10.3 Å². The summed E-state index contributed by atoms with van der Waals surface area (Å²) in [6.45, 7) is 8.74. The Hall–Kier alpha value is -1.13. The number of nitrogens with zero attached hydrogens (tertiary/aromatic N) is 1. The van der Waals surface area contributed by atoms with E-state index in [0.717, 1.165) is 37.2 Å². The van der Waals surface area contributed by atoms with Gasteiger partial charge in [-0.15, -0.1) is 0 Å². The number of rotatable bonds is 9. The molecule has 0 aliphatic rings. The van der Waals surface area contributed by atoms with Crippen molar-refractivity contribution in [2.75, 3.05) is 20.3 Å². The standard InChI is InChI=1S/C15H26N2O2/c1-5-8-16-11-13-6-9-17-12-14(13)19-10-7-15(2,3)18-4/h6,9,12,16H,5,7-8,10-11H2,1-4H3. The molecule has 1 heterocycles. The quantitative estimate of drug-likeness (QED) is 0.698. The normalized spacial score (nSPS) is 11.6. The Balaban J connectivity index is 2.48. The molecule has 0 spiro atoms. The second kappa shape index (κ2) is 8.12. The highest BCUT2D eigenvalue weighted by molar-refractivity contribution is 5.29. The van der Waals surface area contributed by atoms with Crippen LogP contribution < -0.4 is 10.1 Å². The average Bonchev–Trinajstić information content (AvgIpc) is 2.41. The Kier molecular flexibility index (Phi) is 6.81. The molecule has 0 bridgehead atoms. The molecule has 0 fully saturated rings. The van der Waals surface area contributed by atoms with E-state index in [-0.39, 0.29) is 5.60 Å². The fraction of sp³-hybridized carbons (Fsp3) is 0.667. The summed E-state index contributed by atoms with van der Waals surface area (Å²) < 4.78 is 11.2. The number of ether oxygens (including phenoxy) is 2. The van der Waals surface area contributed by atoms with Gasteiger partial charge in [0, 0.05) is 31.8 Å². The summed E-state index contributed by atoms with van der Waals surface area (Å²) in [5, 5.41) is 3.38. The Labute approximate surface area is 116 Å². The molecule has 1 aromatic rings. The molecule has 19 heavy (non-hydrogen) atoms. The second-order valence-corrected chi connectivity index (χ2v) is 5.22. The molecule has 0 unspecified atom stereocenters. The van der Waals surface area contributed by atoms with Gasteiger partial charge in [0.2, 0.25) is 0 Å². The maximum Gasteiger partial charge on any atom is 0.142 e.